The van der Waals surface area contributed by atoms with Crippen molar-refractivity contribution in [3.8, 4) is 0 Å². The highest BCUT2D eigenvalue weighted by Gasteiger charge is 2.12. The zero-order chi connectivity index (χ0) is 15.0. The van der Waals surface area contributed by atoms with Crippen molar-refractivity contribution in [1.29, 1.82) is 0 Å². The van der Waals surface area contributed by atoms with Gasteiger partial charge in [-0.25, -0.2) is 4.98 Å². The maximum Gasteiger partial charge on any atom is 0.303 e. The molecule has 5 N–H and O–H groups in total. The van der Waals surface area contributed by atoms with E-state index in [4.69, 9.17) is 10.8 Å². The largest absolute Gasteiger partial charge is 0.481 e. The van der Waals surface area contributed by atoms with Gasteiger partial charge < -0.3 is 21.5 Å². The van der Waals surface area contributed by atoms with Crippen LogP contribution >= 0.6 is 0 Å². The van der Waals surface area contributed by atoms with Crippen LogP contribution in [0.2, 0.25) is 0 Å². The molecule has 0 aliphatic heterocycles. The fourth-order valence-corrected chi connectivity index (χ4v) is 1.70. The van der Waals surface area contributed by atoms with E-state index in [-0.39, 0.29) is 12.5 Å². The van der Waals surface area contributed by atoms with Crippen LogP contribution in [0.5, 0.6) is 0 Å². The summed E-state index contributed by atoms with van der Waals surface area (Å²) in [6.45, 7) is 4.84. The third-order valence-corrected chi connectivity index (χ3v) is 2.89. The van der Waals surface area contributed by atoms with E-state index in [1.54, 1.807) is 6.20 Å². The van der Waals surface area contributed by atoms with Crippen molar-refractivity contribution >= 4 is 23.4 Å². The molecule has 0 bridgehead atoms. The molecule has 1 heterocycles. The number of aromatic nitrogens is 2. The van der Waals surface area contributed by atoms with Gasteiger partial charge in [0.1, 0.15) is 0 Å². The summed E-state index contributed by atoms with van der Waals surface area (Å²) in [6, 6.07) is 0.0299. The normalized spacial score (nSPS) is 11.9. The lowest BCUT2D eigenvalue weighted by atomic mass is 10.1. The van der Waals surface area contributed by atoms with E-state index in [0.29, 0.717) is 23.9 Å². The molecular formula is C13H23N5O2. The molecule has 1 aromatic heterocycles. The minimum absolute atomic E-state index is 0.0299. The number of hydrogen-bond donors (Lipinski definition) is 4. The maximum atomic E-state index is 10.6. The number of carboxylic acid groups (broad SMARTS) is 1. The number of nitrogens with two attached hydrogens (primary N) is 1. The molecule has 0 aromatic carbocycles. The van der Waals surface area contributed by atoms with E-state index in [1.807, 2.05) is 6.92 Å². The number of rotatable bonds is 9. The highest BCUT2D eigenvalue weighted by molar-refractivity contribution is 5.67. The van der Waals surface area contributed by atoms with Crippen LogP contribution in [0.15, 0.2) is 6.20 Å². The van der Waals surface area contributed by atoms with E-state index < -0.39 is 5.97 Å². The van der Waals surface area contributed by atoms with Gasteiger partial charge in [-0.2, -0.15) is 4.98 Å². The molecule has 112 valence electrons. The van der Waals surface area contributed by atoms with Crippen molar-refractivity contribution in [3.63, 3.8) is 0 Å². The minimum Gasteiger partial charge on any atom is -0.481 e. The Labute approximate surface area is 119 Å². The first-order valence-electron chi connectivity index (χ1n) is 6.91. The topological polar surface area (TPSA) is 113 Å². The van der Waals surface area contributed by atoms with Crippen LogP contribution in [-0.2, 0) is 4.79 Å². The lowest BCUT2D eigenvalue weighted by Crippen LogP contribution is -2.22. The van der Waals surface area contributed by atoms with E-state index in [1.165, 1.54) is 0 Å². The van der Waals surface area contributed by atoms with Crippen molar-refractivity contribution in [2.24, 2.45) is 0 Å². The van der Waals surface area contributed by atoms with Crippen LogP contribution in [0, 0.1) is 0 Å². The number of anilines is 3. The van der Waals surface area contributed by atoms with Crippen LogP contribution < -0.4 is 16.4 Å². The second-order valence-electron chi connectivity index (χ2n) is 4.61. The van der Waals surface area contributed by atoms with Gasteiger partial charge in [0.25, 0.3) is 0 Å². The Morgan fingerprint density at radius 3 is 2.85 bits per heavy atom. The monoisotopic (exact) mass is 281 g/mol. The van der Waals surface area contributed by atoms with Crippen molar-refractivity contribution in [2.45, 2.75) is 45.6 Å². The Morgan fingerprint density at radius 2 is 2.25 bits per heavy atom. The SMILES string of the molecule is CCCNc1ncc(N)c(N[C@H](CC)CCC(=O)O)n1. The molecule has 0 unspecified atom stereocenters. The molecule has 0 amide bonds. The van der Waals surface area contributed by atoms with Gasteiger partial charge in [-0.05, 0) is 19.3 Å². The van der Waals surface area contributed by atoms with Crippen LogP contribution in [0.4, 0.5) is 17.5 Å². The molecule has 0 spiro atoms. The lowest BCUT2D eigenvalue weighted by Gasteiger charge is -2.18. The number of nitrogens with zero attached hydrogens (tertiary/aromatic N) is 2. The van der Waals surface area contributed by atoms with E-state index >= 15 is 0 Å². The lowest BCUT2D eigenvalue weighted by molar-refractivity contribution is -0.137. The van der Waals surface area contributed by atoms with Crippen molar-refractivity contribution in [2.75, 3.05) is 22.9 Å². The van der Waals surface area contributed by atoms with Crippen molar-refractivity contribution in [1.82, 2.24) is 9.97 Å². The summed E-state index contributed by atoms with van der Waals surface area (Å²) >= 11 is 0. The van der Waals surface area contributed by atoms with Gasteiger partial charge in [0.15, 0.2) is 5.82 Å². The first kappa shape index (κ1) is 16.0. The van der Waals surface area contributed by atoms with Crippen LogP contribution in [0.3, 0.4) is 0 Å². The highest BCUT2D eigenvalue weighted by Crippen LogP contribution is 2.19. The second-order valence-corrected chi connectivity index (χ2v) is 4.61. The second kappa shape index (κ2) is 8.19. The summed E-state index contributed by atoms with van der Waals surface area (Å²) in [5.74, 6) is 0.277. The Morgan fingerprint density at radius 1 is 1.50 bits per heavy atom. The Bertz CT molecular complexity index is 439. The Kier molecular flexibility index (Phi) is 6.55. The van der Waals surface area contributed by atoms with Crippen LogP contribution in [0.1, 0.15) is 39.5 Å². The van der Waals surface area contributed by atoms with Gasteiger partial charge in [0, 0.05) is 19.0 Å². The zero-order valence-electron chi connectivity index (χ0n) is 12.0. The van der Waals surface area contributed by atoms with Gasteiger partial charge in [-0.3, -0.25) is 4.79 Å². The fourth-order valence-electron chi connectivity index (χ4n) is 1.70. The molecule has 0 aliphatic rings. The fraction of sp³-hybridized carbons (Fsp3) is 0.615. The molecule has 1 rings (SSSR count). The third kappa shape index (κ3) is 5.29. The molecule has 0 saturated heterocycles. The molecule has 1 aromatic rings. The average molecular weight is 281 g/mol. The van der Waals surface area contributed by atoms with Gasteiger partial charge in [-0.15, -0.1) is 0 Å². The Balaban J connectivity index is 2.70. The Hall–Kier alpha value is -2.05. The van der Waals surface area contributed by atoms with Gasteiger partial charge in [0.2, 0.25) is 5.95 Å². The van der Waals surface area contributed by atoms with Crippen molar-refractivity contribution in [3.05, 3.63) is 6.20 Å². The van der Waals surface area contributed by atoms with Crippen LogP contribution in [-0.4, -0.2) is 33.6 Å². The quantitative estimate of drug-likeness (QED) is 0.547. The predicted octanol–water partition coefficient (Wildman–Crippen LogP) is 1.94. The summed E-state index contributed by atoms with van der Waals surface area (Å²) in [6.07, 6.45) is 3.99. The molecular weight excluding hydrogens is 258 g/mol. The minimum atomic E-state index is -0.800. The number of nitrogen functional groups attached to an aromatic ring is 1. The van der Waals surface area contributed by atoms with Gasteiger partial charge >= 0.3 is 5.97 Å². The number of carboxylic acids is 1. The molecule has 20 heavy (non-hydrogen) atoms. The van der Waals surface area contributed by atoms with E-state index in [0.717, 1.165) is 19.4 Å². The number of hydrogen-bond acceptors (Lipinski definition) is 6. The van der Waals surface area contributed by atoms with E-state index in [9.17, 15) is 4.79 Å². The number of nitrogens with one attached hydrogen (secondary N) is 2. The zero-order valence-corrected chi connectivity index (χ0v) is 12.0. The summed E-state index contributed by atoms with van der Waals surface area (Å²) < 4.78 is 0. The number of aliphatic carboxylic acids is 1. The van der Waals surface area contributed by atoms with E-state index in [2.05, 4.69) is 27.5 Å². The standard InChI is InChI=1S/C13H23N5O2/c1-3-7-15-13-16-8-10(14)12(18-13)17-9(4-2)5-6-11(19)20/h8-9H,3-7,14H2,1-2H3,(H,19,20)(H2,15,16,17,18)/t9-/m1/s1. The van der Waals surface area contributed by atoms with Crippen molar-refractivity contribution < 1.29 is 9.90 Å². The molecule has 0 fully saturated rings. The first-order valence-corrected chi connectivity index (χ1v) is 6.91. The maximum absolute atomic E-state index is 10.6. The average Bonchev–Trinajstić information content (AvgIpc) is 2.43. The van der Waals surface area contributed by atoms with Gasteiger partial charge in [0.05, 0.1) is 11.9 Å². The molecule has 0 saturated carbocycles. The molecule has 1 atom stereocenters. The van der Waals surface area contributed by atoms with Gasteiger partial charge in [-0.1, -0.05) is 13.8 Å². The first-order chi connectivity index (χ1) is 9.56. The molecule has 7 nitrogen and oxygen atoms in total. The third-order valence-electron chi connectivity index (χ3n) is 2.89. The summed E-state index contributed by atoms with van der Waals surface area (Å²) in [5, 5.41) is 15.0. The smallest absolute Gasteiger partial charge is 0.303 e. The summed E-state index contributed by atoms with van der Waals surface area (Å²) in [5.41, 5.74) is 6.30. The number of carbonyl (C=O) groups is 1. The highest BCUT2D eigenvalue weighted by atomic mass is 16.4. The molecule has 0 radical (unpaired) electrons. The van der Waals surface area contributed by atoms with Crippen LogP contribution in [0.25, 0.3) is 0 Å². The predicted molar refractivity (Wildman–Crippen MR) is 79.8 cm³/mol. The molecule has 7 heteroatoms. The molecule has 0 aliphatic carbocycles. The summed E-state index contributed by atoms with van der Waals surface area (Å²) in [4.78, 5) is 19.0. The summed E-state index contributed by atoms with van der Waals surface area (Å²) in [7, 11) is 0.